The third-order valence-electron chi connectivity index (χ3n) is 4.28. The van der Waals surface area contributed by atoms with E-state index in [0.717, 1.165) is 16.9 Å². The number of benzene rings is 1. The Balaban J connectivity index is 2.00. The van der Waals surface area contributed by atoms with Crippen molar-refractivity contribution in [3.8, 4) is 0 Å². The molecule has 0 fully saturated rings. The van der Waals surface area contributed by atoms with E-state index in [1.165, 1.54) is 16.5 Å². The lowest BCUT2D eigenvalue weighted by Gasteiger charge is -2.19. The van der Waals surface area contributed by atoms with E-state index in [-0.39, 0.29) is 15.9 Å². The van der Waals surface area contributed by atoms with Crippen LogP contribution in [0.15, 0.2) is 35.4 Å². The summed E-state index contributed by atoms with van der Waals surface area (Å²) < 4.78 is 1.53. The molecule has 0 aliphatic carbocycles. The highest BCUT2D eigenvalue weighted by molar-refractivity contribution is 7.20. The largest absolute Gasteiger partial charge is 0.477 e. The van der Waals surface area contributed by atoms with Crippen molar-refractivity contribution >= 4 is 27.5 Å². The lowest BCUT2D eigenvalue weighted by molar-refractivity contribution is 0.0701. The number of carboxylic acid groups (broad SMARTS) is 1. The number of thiophene rings is 1. The number of nitrogens with zero attached hydrogens (tertiary/aromatic N) is 2. The van der Waals surface area contributed by atoms with Gasteiger partial charge in [-0.1, -0.05) is 45.0 Å². The van der Waals surface area contributed by atoms with Crippen molar-refractivity contribution in [3.63, 3.8) is 0 Å². The Morgan fingerprint density at radius 2 is 1.88 bits per heavy atom. The second kappa shape index (κ2) is 6.11. The molecule has 0 spiro atoms. The molecule has 0 amide bonds. The molecule has 5 nitrogen and oxygen atoms in total. The zero-order chi connectivity index (χ0) is 18.4. The van der Waals surface area contributed by atoms with E-state index in [1.807, 2.05) is 12.1 Å². The molecule has 1 N–H and O–H groups in total. The summed E-state index contributed by atoms with van der Waals surface area (Å²) in [6.07, 6.45) is 1.49. The lowest BCUT2D eigenvalue weighted by Crippen LogP contribution is -2.21. The predicted molar refractivity (Wildman–Crippen MR) is 99.8 cm³/mol. The summed E-state index contributed by atoms with van der Waals surface area (Å²) in [5.74, 6) is -1.02. The number of fused-ring (bicyclic) bond motifs is 1. The normalized spacial score (nSPS) is 11.8. The molecule has 1 aromatic carbocycles. The minimum atomic E-state index is -1.02. The van der Waals surface area contributed by atoms with Crippen LogP contribution in [0.1, 0.15) is 47.1 Å². The molecule has 2 heterocycles. The molecule has 0 saturated carbocycles. The summed E-state index contributed by atoms with van der Waals surface area (Å²) in [5, 5.41) is 9.63. The van der Waals surface area contributed by atoms with Crippen molar-refractivity contribution in [1.29, 1.82) is 0 Å². The molecule has 3 rings (SSSR count). The molecule has 0 saturated heterocycles. The summed E-state index contributed by atoms with van der Waals surface area (Å²) in [7, 11) is 0. The van der Waals surface area contributed by atoms with Crippen LogP contribution >= 0.6 is 11.3 Å². The number of aryl methyl sites for hydroxylation is 1. The Hall–Kier alpha value is -2.47. The van der Waals surface area contributed by atoms with Gasteiger partial charge in [-0.25, -0.2) is 9.78 Å². The highest BCUT2D eigenvalue weighted by Gasteiger charge is 2.19. The monoisotopic (exact) mass is 356 g/mol. The fourth-order valence-corrected chi connectivity index (χ4v) is 3.76. The number of hydrogen-bond acceptors (Lipinski definition) is 4. The minimum Gasteiger partial charge on any atom is -0.477 e. The van der Waals surface area contributed by atoms with Gasteiger partial charge in [0.05, 0.1) is 18.3 Å². The quantitative estimate of drug-likeness (QED) is 0.774. The van der Waals surface area contributed by atoms with Crippen molar-refractivity contribution in [2.24, 2.45) is 0 Å². The first-order valence-electron chi connectivity index (χ1n) is 7.99. The molecule has 3 aromatic rings. The number of carboxylic acids is 1. The molecule has 0 aliphatic rings. The molecule has 2 aromatic heterocycles. The van der Waals surface area contributed by atoms with Gasteiger partial charge < -0.3 is 5.11 Å². The average Bonchev–Trinajstić information content (AvgIpc) is 2.87. The van der Waals surface area contributed by atoms with Gasteiger partial charge in [0.15, 0.2) is 0 Å². The van der Waals surface area contributed by atoms with E-state index in [4.69, 9.17) is 0 Å². The first-order chi connectivity index (χ1) is 11.7. The van der Waals surface area contributed by atoms with Gasteiger partial charge in [-0.3, -0.25) is 9.36 Å². The maximum atomic E-state index is 12.8. The van der Waals surface area contributed by atoms with Gasteiger partial charge in [-0.05, 0) is 29.0 Å². The maximum absolute atomic E-state index is 12.8. The van der Waals surface area contributed by atoms with Crippen LogP contribution < -0.4 is 5.56 Å². The van der Waals surface area contributed by atoms with E-state index in [9.17, 15) is 14.7 Å². The maximum Gasteiger partial charge on any atom is 0.346 e. The van der Waals surface area contributed by atoms with E-state index >= 15 is 0 Å². The molecule has 0 bridgehead atoms. The number of carbonyl (C=O) groups is 1. The molecule has 6 heteroatoms. The van der Waals surface area contributed by atoms with E-state index in [2.05, 4.69) is 37.9 Å². The standard InChI is InChI=1S/C19H20N2O3S/c1-11-14-16(25-15(11)18(23)24)20-10-21(17(14)22)9-12-5-7-13(8-6-12)19(2,3)4/h5-8,10H,9H2,1-4H3,(H,23,24). The Kier molecular flexibility index (Phi) is 4.24. The number of aromatic nitrogens is 2. The van der Waals surface area contributed by atoms with Crippen LogP contribution in [0.4, 0.5) is 0 Å². The molecular formula is C19H20N2O3S. The van der Waals surface area contributed by atoms with Gasteiger partial charge in [-0.15, -0.1) is 11.3 Å². The van der Waals surface area contributed by atoms with Crippen molar-refractivity contribution in [3.05, 3.63) is 62.5 Å². The van der Waals surface area contributed by atoms with Gasteiger partial charge in [0.1, 0.15) is 9.71 Å². The van der Waals surface area contributed by atoms with Gasteiger partial charge in [-0.2, -0.15) is 0 Å². The van der Waals surface area contributed by atoms with Crippen molar-refractivity contribution in [1.82, 2.24) is 9.55 Å². The van der Waals surface area contributed by atoms with Gasteiger partial charge in [0.25, 0.3) is 5.56 Å². The van der Waals surface area contributed by atoms with Crippen LogP contribution in [0, 0.1) is 6.92 Å². The summed E-state index contributed by atoms with van der Waals surface area (Å²) in [4.78, 5) is 28.9. The van der Waals surface area contributed by atoms with Crippen LogP contribution in [0.3, 0.4) is 0 Å². The van der Waals surface area contributed by atoms with Crippen LogP contribution in [-0.2, 0) is 12.0 Å². The highest BCUT2D eigenvalue weighted by atomic mass is 32.1. The van der Waals surface area contributed by atoms with Crippen LogP contribution in [0.5, 0.6) is 0 Å². The fourth-order valence-electron chi connectivity index (χ4n) is 2.78. The molecular weight excluding hydrogens is 336 g/mol. The molecule has 0 aliphatic heterocycles. The number of aromatic carboxylic acids is 1. The molecule has 130 valence electrons. The zero-order valence-electron chi connectivity index (χ0n) is 14.7. The summed E-state index contributed by atoms with van der Waals surface area (Å²) in [6.45, 7) is 8.54. The fraction of sp³-hybridized carbons (Fsp3) is 0.316. The Labute approximate surface area is 149 Å². The molecule has 0 atom stereocenters. The van der Waals surface area contributed by atoms with Crippen molar-refractivity contribution in [2.75, 3.05) is 0 Å². The van der Waals surface area contributed by atoms with Crippen LogP contribution in [0.2, 0.25) is 0 Å². The second-order valence-electron chi connectivity index (χ2n) is 7.17. The molecule has 0 radical (unpaired) electrons. The first kappa shape index (κ1) is 17.4. The third kappa shape index (κ3) is 3.22. The van der Waals surface area contributed by atoms with Gasteiger partial charge in [0.2, 0.25) is 0 Å². The summed E-state index contributed by atoms with van der Waals surface area (Å²) in [5.41, 5.74) is 2.60. The Morgan fingerprint density at radius 3 is 2.44 bits per heavy atom. The topological polar surface area (TPSA) is 72.2 Å². The Morgan fingerprint density at radius 1 is 1.24 bits per heavy atom. The molecule has 0 unspecified atom stereocenters. The minimum absolute atomic E-state index is 0.0802. The van der Waals surface area contributed by atoms with Crippen LogP contribution in [0.25, 0.3) is 10.2 Å². The SMILES string of the molecule is Cc1c(C(=O)O)sc2ncn(Cc3ccc(C(C)(C)C)cc3)c(=O)c12. The molecule has 25 heavy (non-hydrogen) atoms. The smallest absolute Gasteiger partial charge is 0.346 e. The average molecular weight is 356 g/mol. The number of rotatable bonds is 3. The third-order valence-corrected chi connectivity index (χ3v) is 5.47. The summed E-state index contributed by atoms with van der Waals surface area (Å²) >= 11 is 1.04. The zero-order valence-corrected chi connectivity index (χ0v) is 15.5. The Bertz CT molecular complexity index is 1010. The van der Waals surface area contributed by atoms with E-state index in [1.54, 1.807) is 6.92 Å². The van der Waals surface area contributed by atoms with E-state index < -0.39 is 5.97 Å². The van der Waals surface area contributed by atoms with Gasteiger partial charge in [0, 0.05) is 0 Å². The summed E-state index contributed by atoms with van der Waals surface area (Å²) in [6, 6.07) is 8.18. The number of hydrogen-bond donors (Lipinski definition) is 1. The second-order valence-corrected chi connectivity index (χ2v) is 8.17. The van der Waals surface area contributed by atoms with Gasteiger partial charge >= 0.3 is 5.97 Å². The van der Waals surface area contributed by atoms with Crippen molar-refractivity contribution < 1.29 is 9.90 Å². The van der Waals surface area contributed by atoms with Crippen molar-refractivity contribution in [2.45, 2.75) is 39.7 Å². The first-order valence-corrected chi connectivity index (χ1v) is 8.81. The highest BCUT2D eigenvalue weighted by Crippen LogP contribution is 2.27. The lowest BCUT2D eigenvalue weighted by atomic mass is 9.87. The van der Waals surface area contributed by atoms with E-state index in [0.29, 0.717) is 22.3 Å². The predicted octanol–water partition coefficient (Wildman–Crippen LogP) is 3.81. The van der Waals surface area contributed by atoms with Crippen LogP contribution in [-0.4, -0.2) is 20.6 Å².